The zero-order valence-corrected chi connectivity index (χ0v) is 16.2. The Labute approximate surface area is 175 Å². The molecule has 31 heavy (non-hydrogen) atoms. The van der Waals surface area contributed by atoms with Gasteiger partial charge in [-0.2, -0.15) is 5.26 Å². The van der Waals surface area contributed by atoms with Crippen LogP contribution in [0.15, 0.2) is 52.1 Å². The lowest BCUT2D eigenvalue weighted by molar-refractivity contribution is -0.386. The number of ether oxygens (including phenoxy) is 2. The highest BCUT2D eigenvalue weighted by atomic mass is 16.6. The van der Waals surface area contributed by atoms with Crippen LogP contribution in [0, 0.1) is 21.4 Å². The number of hydrogen-bond acceptors (Lipinski definition) is 7. The molecular weight excluding hydrogens is 404 g/mol. The number of methoxy groups -OCH3 is 1. The van der Waals surface area contributed by atoms with Gasteiger partial charge in [0.1, 0.15) is 12.3 Å². The van der Waals surface area contributed by atoms with Gasteiger partial charge in [0, 0.05) is 5.56 Å². The maximum Gasteiger partial charge on any atom is 0.357 e. The summed E-state index contributed by atoms with van der Waals surface area (Å²) >= 11 is 0. The van der Waals surface area contributed by atoms with Gasteiger partial charge in [-0.25, -0.2) is 4.79 Å². The summed E-state index contributed by atoms with van der Waals surface area (Å²) in [5, 5.41) is 20.3. The number of nitrogens with one attached hydrogen (secondary N) is 2. The van der Waals surface area contributed by atoms with Crippen molar-refractivity contribution in [2.24, 2.45) is 0 Å². The summed E-state index contributed by atoms with van der Waals surface area (Å²) in [5.74, 6) is 0.827. The largest absolute Gasteiger partial charge is 0.493 e. The predicted molar refractivity (Wildman–Crippen MR) is 112 cm³/mol. The molecule has 10 nitrogen and oxygen atoms in total. The highest BCUT2D eigenvalue weighted by Crippen LogP contribution is 2.30. The molecule has 0 saturated heterocycles. The molecule has 0 aliphatic heterocycles. The molecule has 0 aliphatic carbocycles. The Morgan fingerprint density at radius 3 is 2.61 bits per heavy atom. The third-order valence-electron chi connectivity index (χ3n) is 4.28. The molecule has 156 valence electrons. The number of aromatic amines is 2. The lowest BCUT2D eigenvalue weighted by atomic mass is 10.1. The minimum atomic E-state index is -1.09. The summed E-state index contributed by atoms with van der Waals surface area (Å²) in [6.07, 6.45) is 2.74. The van der Waals surface area contributed by atoms with Crippen LogP contribution in [0.1, 0.15) is 22.4 Å². The minimum absolute atomic E-state index is 0.162. The van der Waals surface area contributed by atoms with E-state index in [1.54, 1.807) is 36.4 Å². The molecule has 0 bridgehead atoms. The fraction of sp³-hybridized carbons (Fsp3) is 0.0952. The van der Waals surface area contributed by atoms with Gasteiger partial charge in [-0.3, -0.25) is 19.9 Å². The fourth-order valence-corrected chi connectivity index (χ4v) is 2.80. The Balaban J connectivity index is 1.86. The molecule has 0 aliphatic rings. The SMILES string of the molecule is COc1cc(C=Cc2[nH]c(=O)[nH]c(=O)c2[N+](=O)[O-])ccc1OCc1ccccc1C#N. The predicted octanol–water partition coefficient (Wildman–Crippen LogP) is 2.60. The van der Waals surface area contributed by atoms with Crippen molar-refractivity contribution in [3.63, 3.8) is 0 Å². The van der Waals surface area contributed by atoms with Crippen LogP contribution in [-0.4, -0.2) is 22.0 Å². The first-order valence-electron chi connectivity index (χ1n) is 8.91. The number of nitrogens with zero attached hydrogens (tertiary/aromatic N) is 2. The van der Waals surface area contributed by atoms with Gasteiger partial charge in [-0.05, 0) is 29.8 Å². The van der Waals surface area contributed by atoms with Crippen molar-refractivity contribution in [2.75, 3.05) is 7.11 Å². The van der Waals surface area contributed by atoms with Crippen LogP contribution in [0.5, 0.6) is 11.5 Å². The molecule has 0 unspecified atom stereocenters. The highest BCUT2D eigenvalue weighted by Gasteiger charge is 2.18. The minimum Gasteiger partial charge on any atom is -0.493 e. The summed E-state index contributed by atoms with van der Waals surface area (Å²) < 4.78 is 11.1. The van der Waals surface area contributed by atoms with E-state index in [-0.39, 0.29) is 12.3 Å². The van der Waals surface area contributed by atoms with E-state index in [2.05, 4.69) is 11.1 Å². The van der Waals surface area contributed by atoms with E-state index in [1.165, 1.54) is 19.3 Å². The van der Waals surface area contributed by atoms with Crippen LogP contribution in [0.3, 0.4) is 0 Å². The average Bonchev–Trinajstić information content (AvgIpc) is 2.75. The standard InChI is InChI=1S/C21H16N4O6/c1-30-18-10-13(6-8-16-19(25(28)29)20(26)24-21(27)23-16)7-9-17(18)31-12-15-5-3-2-4-14(15)11-22/h2-10H,12H2,1H3,(H2,23,24,26,27). The Morgan fingerprint density at radius 2 is 1.90 bits per heavy atom. The first-order valence-corrected chi connectivity index (χ1v) is 8.91. The molecule has 3 aromatic rings. The van der Waals surface area contributed by atoms with Gasteiger partial charge in [-0.15, -0.1) is 0 Å². The summed E-state index contributed by atoms with van der Waals surface area (Å²) in [6, 6.07) is 14.1. The van der Waals surface area contributed by atoms with E-state index in [4.69, 9.17) is 9.47 Å². The van der Waals surface area contributed by atoms with Gasteiger partial charge in [0.25, 0.3) is 0 Å². The number of nitriles is 1. The molecule has 0 fully saturated rings. The molecule has 0 saturated carbocycles. The normalized spacial score (nSPS) is 10.6. The second kappa shape index (κ2) is 9.23. The molecule has 0 radical (unpaired) electrons. The van der Waals surface area contributed by atoms with Crippen molar-refractivity contribution < 1.29 is 14.4 Å². The maximum atomic E-state index is 11.7. The van der Waals surface area contributed by atoms with E-state index >= 15 is 0 Å². The first-order chi connectivity index (χ1) is 14.9. The van der Waals surface area contributed by atoms with Crippen molar-refractivity contribution in [1.82, 2.24) is 9.97 Å². The van der Waals surface area contributed by atoms with Crippen molar-refractivity contribution in [3.8, 4) is 17.6 Å². The number of nitro groups is 1. The van der Waals surface area contributed by atoms with E-state index in [0.717, 1.165) is 5.56 Å². The summed E-state index contributed by atoms with van der Waals surface area (Å²) in [4.78, 5) is 37.4. The molecule has 2 N–H and O–H groups in total. The lowest BCUT2D eigenvalue weighted by Crippen LogP contribution is -2.25. The Bertz CT molecular complexity index is 1320. The molecule has 0 atom stereocenters. The first kappa shape index (κ1) is 21.1. The van der Waals surface area contributed by atoms with Crippen molar-refractivity contribution in [1.29, 1.82) is 5.26 Å². The van der Waals surface area contributed by atoms with Crippen LogP contribution in [0.4, 0.5) is 5.69 Å². The van der Waals surface area contributed by atoms with Crippen molar-refractivity contribution in [2.45, 2.75) is 6.61 Å². The van der Waals surface area contributed by atoms with Crippen molar-refractivity contribution >= 4 is 17.8 Å². The topological polar surface area (TPSA) is 151 Å². The Hall–Kier alpha value is -4.65. The van der Waals surface area contributed by atoms with E-state index in [1.807, 2.05) is 11.1 Å². The molecule has 0 amide bonds. The zero-order valence-electron chi connectivity index (χ0n) is 16.2. The number of hydrogen-bond donors (Lipinski definition) is 2. The third kappa shape index (κ3) is 4.86. The number of benzene rings is 2. The summed E-state index contributed by atoms with van der Waals surface area (Å²) in [6.45, 7) is 0.162. The fourth-order valence-electron chi connectivity index (χ4n) is 2.80. The molecule has 1 heterocycles. The van der Waals surface area contributed by atoms with Crippen LogP contribution in [0.25, 0.3) is 12.2 Å². The van der Waals surface area contributed by atoms with Gasteiger partial charge in [0.2, 0.25) is 0 Å². The molecular formula is C21H16N4O6. The van der Waals surface area contributed by atoms with Crippen molar-refractivity contribution in [3.05, 3.63) is 95.8 Å². The number of H-pyrrole nitrogens is 2. The second-order valence-electron chi connectivity index (χ2n) is 6.23. The van der Waals surface area contributed by atoms with Gasteiger partial charge in [0.05, 0.1) is 23.7 Å². The van der Waals surface area contributed by atoms with E-state index < -0.39 is 21.9 Å². The van der Waals surface area contributed by atoms with Crippen LogP contribution in [0.2, 0.25) is 0 Å². The zero-order chi connectivity index (χ0) is 22.4. The van der Waals surface area contributed by atoms with Crippen LogP contribution >= 0.6 is 0 Å². The third-order valence-corrected chi connectivity index (χ3v) is 4.28. The molecule has 10 heteroatoms. The molecule has 3 rings (SSSR count). The van der Waals surface area contributed by atoms with E-state index in [0.29, 0.717) is 22.6 Å². The van der Waals surface area contributed by atoms with Gasteiger partial charge < -0.3 is 14.5 Å². The quantitative estimate of drug-likeness (QED) is 0.440. The molecule has 2 aromatic carbocycles. The van der Waals surface area contributed by atoms with Crippen LogP contribution in [-0.2, 0) is 6.61 Å². The Morgan fingerprint density at radius 1 is 1.13 bits per heavy atom. The summed E-state index contributed by atoms with van der Waals surface area (Å²) in [5.41, 5.74) is -1.13. The monoisotopic (exact) mass is 420 g/mol. The highest BCUT2D eigenvalue weighted by molar-refractivity contribution is 5.72. The number of rotatable bonds is 7. The van der Waals surface area contributed by atoms with E-state index in [9.17, 15) is 25.0 Å². The van der Waals surface area contributed by atoms with Gasteiger partial charge >= 0.3 is 16.9 Å². The smallest absolute Gasteiger partial charge is 0.357 e. The summed E-state index contributed by atoms with van der Waals surface area (Å²) in [7, 11) is 1.46. The molecule has 1 aromatic heterocycles. The van der Waals surface area contributed by atoms with Crippen LogP contribution < -0.4 is 20.7 Å². The van der Waals surface area contributed by atoms with Gasteiger partial charge in [0.15, 0.2) is 11.5 Å². The number of aromatic nitrogens is 2. The van der Waals surface area contributed by atoms with Gasteiger partial charge in [-0.1, -0.05) is 30.3 Å². The maximum absolute atomic E-state index is 11.7. The Kier molecular flexibility index (Phi) is 6.27. The average molecular weight is 420 g/mol. The lowest BCUT2D eigenvalue weighted by Gasteiger charge is -2.12. The molecule has 0 spiro atoms. The second-order valence-corrected chi connectivity index (χ2v) is 6.23.